The summed E-state index contributed by atoms with van der Waals surface area (Å²) in [6, 6.07) is -1.70. The van der Waals surface area contributed by atoms with Crippen LogP contribution in [0.4, 0.5) is 4.79 Å². The quantitative estimate of drug-likeness (QED) is 0.139. The third kappa shape index (κ3) is 10.3. The number of aliphatic hydroxyl groups is 1. The van der Waals surface area contributed by atoms with Crippen molar-refractivity contribution in [3.63, 3.8) is 0 Å². The van der Waals surface area contributed by atoms with Crippen LogP contribution in [0.1, 0.15) is 87.5 Å². The molecular formula is C42H67N7O11S. The number of aromatic nitrogens is 4. The summed E-state index contributed by atoms with van der Waals surface area (Å²) < 4.78 is 39.4. The molecule has 2 amide bonds. The second kappa shape index (κ2) is 20.3. The van der Waals surface area contributed by atoms with Gasteiger partial charge in [-0.25, -0.2) is 9.78 Å². The number of ketones is 1. The van der Waals surface area contributed by atoms with Crippen LogP contribution >= 0.6 is 11.3 Å². The highest BCUT2D eigenvalue weighted by molar-refractivity contribution is 7.13. The van der Waals surface area contributed by atoms with Gasteiger partial charge >= 0.3 is 12.1 Å². The first-order valence-electron chi connectivity index (χ1n) is 21.4. The van der Waals surface area contributed by atoms with E-state index in [9.17, 15) is 24.3 Å². The van der Waals surface area contributed by atoms with Gasteiger partial charge in [0.1, 0.15) is 34.9 Å². The Morgan fingerprint density at radius 1 is 1.08 bits per heavy atom. The number of ether oxygens (including phenoxy) is 6. The minimum atomic E-state index is -1.62. The van der Waals surface area contributed by atoms with E-state index in [4.69, 9.17) is 28.4 Å². The van der Waals surface area contributed by atoms with E-state index in [2.05, 4.69) is 15.3 Å². The van der Waals surface area contributed by atoms with Gasteiger partial charge < -0.3 is 43.3 Å². The van der Waals surface area contributed by atoms with Crippen molar-refractivity contribution in [3.8, 4) is 10.7 Å². The molecule has 342 valence electrons. The smallest absolute Gasteiger partial charge is 0.410 e. The van der Waals surface area contributed by atoms with Gasteiger partial charge in [-0.05, 0) is 73.4 Å². The molecule has 61 heavy (non-hydrogen) atoms. The lowest BCUT2D eigenvalue weighted by molar-refractivity contribution is -0.341. The Kier molecular flexibility index (Phi) is 16.1. The summed E-state index contributed by atoms with van der Waals surface area (Å²) in [5.74, 6) is -5.86. The third-order valence-corrected chi connectivity index (χ3v) is 13.6. The molecule has 3 saturated heterocycles. The number of nitrogens with zero attached hydrogens (tertiary/aromatic N) is 7. The highest BCUT2D eigenvalue weighted by atomic mass is 32.1. The number of unbranched alkanes of at least 4 members (excludes halogenated alkanes) is 1. The number of likely N-dealkylation sites (N-methyl/N-ethyl adjacent to an activating group) is 1. The largest absolute Gasteiger partial charge is 0.458 e. The zero-order chi connectivity index (χ0) is 45.0. The average Bonchev–Trinajstić information content (AvgIpc) is 3.98. The molecule has 0 spiro atoms. The number of amides is 2. The number of cyclic esters (lactones) is 1. The average molecular weight is 878 g/mol. The second-order valence-electron chi connectivity index (χ2n) is 17.4. The molecule has 18 nitrogen and oxygen atoms in total. The summed E-state index contributed by atoms with van der Waals surface area (Å²) in [5, 5.41) is 22.7. The summed E-state index contributed by atoms with van der Waals surface area (Å²) in [6.45, 7) is 14.9. The fraction of sp³-hybridized carbons (Fsp3) is 0.786. The maximum Gasteiger partial charge on any atom is 0.410 e. The number of thiazole rings is 1. The van der Waals surface area contributed by atoms with Crippen molar-refractivity contribution < 1.29 is 52.7 Å². The Hall–Kier alpha value is -3.59. The lowest BCUT2D eigenvalue weighted by Gasteiger charge is -2.47. The Bertz CT molecular complexity index is 1790. The third-order valence-electron chi connectivity index (χ3n) is 12.8. The van der Waals surface area contributed by atoms with Crippen LogP contribution in [-0.2, 0) is 49.3 Å². The fourth-order valence-electron chi connectivity index (χ4n) is 9.51. The summed E-state index contributed by atoms with van der Waals surface area (Å²) in [7, 11) is 6.63. The zero-order valence-electron chi connectivity index (χ0n) is 37.8. The first kappa shape index (κ1) is 48.4. The number of rotatable bonds is 12. The normalized spacial score (nSPS) is 34.1. The van der Waals surface area contributed by atoms with Crippen LogP contribution in [0.15, 0.2) is 17.8 Å². The van der Waals surface area contributed by atoms with Crippen molar-refractivity contribution in [2.75, 3.05) is 41.4 Å². The van der Waals surface area contributed by atoms with Gasteiger partial charge in [-0.2, -0.15) is 0 Å². The number of hydrogen-bond acceptors (Lipinski definition) is 16. The minimum Gasteiger partial charge on any atom is -0.458 e. The van der Waals surface area contributed by atoms with Crippen LogP contribution in [0, 0.1) is 17.8 Å². The van der Waals surface area contributed by atoms with E-state index >= 15 is 0 Å². The number of aryl methyl sites for hydroxylation is 1. The molecule has 3 aliphatic heterocycles. The van der Waals surface area contributed by atoms with Gasteiger partial charge in [0.25, 0.3) is 0 Å². The molecule has 12 atom stereocenters. The first-order valence-corrected chi connectivity index (χ1v) is 22.3. The van der Waals surface area contributed by atoms with Crippen LogP contribution in [-0.4, -0.2) is 165 Å². The van der Waals surface area contributed by atoms with Gasteiger partial charge in [-0.15, -0.1) is 16.4 Å². The topological polar surface area (TPSA) is 197 Å². The SMILES string of the molecule is CC[C@H]1OC(=O)[C@H](C)C(=O)[C@H](C)[C@@H](O[C@@H]2OC(C)CC(N(C)C)C2O)C(OC)(OC)C[C@@H](C)CN(C(C)=O)[C@H](C)[C@H]2N(CCCCn3cc(-c4nccs4)nn3)C(=O)O[C@]12C. The number of carbonyl (C=O) groups excluding carboxylic acids is 4. The van der Waals surface area contributed by atoms with Crippen LogP contribution in [0.3, 0.4) is 0 Å². The van der Waals surface area contributed by atoms with Crippen molar-refractivity contribution in [1.29, 1.82) is 0 Å². The molecule has 1 N–H and O–H groups in total. The Morgan fingerprint density at radius 3 is 2.38 bits per heavy atom. The van der Waals surface area contributed by atoms with Crippen LogP contribution in [0.25, 0.3) is 10.7 Å². The lowest BCUT2D eigenvalue weighted by Crippen LogP contribution is -2.62. The molecule has 2 aromatic rings. The Morgan fingerprint density at radius 2 is 1.77 bits per heavy atom. The molecule has 0 aromatic carbocycles. The van der Waals surface area contributed by atoms with Crippen molar-refractivity contribution in [3.05, 3.63) is 17.8 Å². The lowest BCUT2D eigenvalue weighted by atomic mass is 9.83. The molecule has 0 bridgehead atoms. The zero-order valence-corrected chi connectivity index (χ0v) is 38.6. The number of methoxy groups -OCH3 is 2. The number of aliphatic hydroxyl groups excluding tert-OH is 1. The molecule has 3 fully saturated rings. The van der Waals surface area contributed by atoms with Gasteiger partial charge in [0.05, 0.1) is 24.4 Å². The highest BCUT2D eigenvalue weighted by Crippen LogP contribution is 2.42. The molecule has 0 radical (unpaired) electrons. The fourth-order valence-corrected chi connectivity index (χ4v) is 10.1. The van der Waals surface area contributed by atoms with Crippen LogP contribution in [0.5, 0.6) is 0 Å². The minimum absolute atomic E-state index is 0.123. The predicted octanol–water partition coefficient (Wildman–Crippen LogP) is 4.00. The van der Waals surface area contributed by atoms with Crippen LogP contribution in [0.2, 0.25) is 0 Å². The molecule has 3 unspecified atom stereocenters. The van der Waals surface area contributed by atoms with Gasteiger partial charge in [0, 0.05) is 70.7 Å². The number of Topliss-reactive ketones (excluding diaryl/α,β-unsaturated/α-hetero) is 1. The van der Waals surface area contributed by atoms with E-state index in [1.54, 1.807) is 34.5 Å². The van der Waals surface area contributed by atoms with Crippen molar-refractivity contribution in [1.82, 2.24) is 34.7 Å². The van der Waals surface area contributed by atoms with E-state index in [1.165, 1.54) is 39.4 Å². The van der Waals surface area contributed by atoms with E-state index in [0.717, 1.165) is 5.01 Å². The number of carbonyl (C=O) groups is 4. The summed E-state index contributed by atoms with van der Waals surface area (Å²) in [5.41, 5.74) is -0.729. The Labute approximate surface area is 363 Å². The first-order chi connectivity index (χ1) is 28.8. The summed E-state index contributed by atoms with van der Waals surface area (Å²) in [6.07, 6.45) is 0.371. The second-order valence-corrected chi connectivity index (χ2v) is 18.3. The van der Waals surface area contributed by atoms with Crippen molar-refractivity contribution >= 4 is 35.1 Å². The molecule has 0 saturated carbocycles. The number of esters is 1. The molecule has 0 aliphatic carbocycles. The summed E-state index contributed by atoms with van der Waals surface area (Å²) >= 11 is 1.48. The highest BCUT2D eigenvalue weighted by Gasteiger charge is 2.60. The predicted molar refractivity (Wildman–Crippen MR) is 224 cm³/mol. The summed E-state index contributed by atoms with van der Waals surface area (Å²) in [4.78, 5) is 65.9. The molecule has 3 aliphatic rings. The maximum absolute atomic E-state index is 14.5. The Balaban J connectivity index is 1.48. The van der Waals surface area contributed by atoms with Gasteiger partial charge in [-0.3, -0.25) is 24.0 Å². The molecule has 5 heterocycles. The molecule has 5 rings (SSSR count). The van der Waals surface area contributed by atoms with Gasteiger partial charge in [0.2, 0.25) is 5.91 Å². The van der Waals surface area contributed by atoms with E-state index in [1.807, 2.05) is 58.3 Å². The number of fused-ring (bicyclic) bond motifs is 1. The molecular weight excluding hydrogens is 811 g/mol. The maximum atomic E-state index is 14.5. The molecule has 19 heteroatoms. The van der Waals surface area contributed by atoms with Crippen molar-refractivity contribution in [2.45, 2.75) is 154 Å². The van der Waals surface area contributed by atoms with E-state index in [0.29, 0.717) is 31.5 Å². The van der Waals surface area contributed by atoms with E-state index < -0.39 is 77.8 Å². The van der Waals surface area contributed by atoms with E-state index in [-0.39, 0.29) is 49.9 Å². The standard InChI is InChI=1S/C42H67N7O11S/c1-13-32-41(8)35(48(40(54)60-41)18-15-14-17-47-23-30(44-45-47)37-43-16-19-61-37)28(6)49(29(7)50)22-24(2)21-42(55-11,56-12)36(26(4)33(51)27(5)38(53)58-32)59-39-34(52)31(46(9)10)20-25(3)57-39/h16,19,23-28,31-32,34-36,39,52H,13-15,17-18,20-22H2,1-12H3/t24-,25?,26+,27-,28-,31?,32-,34?,35-,36-,39+,41-/m1/s1. The molecule has 2 aromatic heterocycles. The number of hydrogen-bond donors (Lipinski definition) is 1. The van der Waals surface area contributed by atoms with Gasteiger partial charge in [0.15, 0.2) is 23.5 Å². The van der Waals surface area contributed by atoms with Gasteiger partial charge in [-0.1, -0.05) is 26.0 Å². The monoisotopic (exact) mass is 877 g/mol. The van der Waals surface area contributed by atoms with Crippen LogP contribution < -0.4 is 0 Å². The van der Waals surface area contributed by atoms with Crippen molar-refractivity contribution in [2.24, 2.45) is 17.8 Å².